The number of rotatable bonds is 4. The van der Waals surface area contributed by atoms with Crippen LogP contribution in [0.1, 0.15) is 0 Å². The van der Waals surface area contributed by atoms with Crippen molar-refractivity contribution in [2.75, 3.05) is 14.2 Å². The minimum absolute atomic E-state index is 0.732. The van der Waals surface area contributed by atoms with Crippen LogP contribution in [0.4, 0.5) is 0 Å². The number of nitrogens with one attached hydrogen (secondary N) is 1. The highest BCUT2D eigenvalue weighted by Crippen LogP contribution is 2.39. The molecular weight excluding hydrogens is 322 g/mol. The lowest BCUT2D eigenvalue weighted by Gasteiger charge is -2.10. The minimum Gasteiger partial charge on any atom is -0.496 e. The summed E-state index contributed by atoms with van der Waals surface area (Å²) in [5, 5.41) is 2.82. The molecule has 0 fully saturated rings. The Morgan fingerprint density at radius 1 is 0.917 bits per heavy atom. The van der Waals surface area contributed by atoms with Gasteiger partial charge in [-0.3, -0.25) is 0 Å². The van der Waals surface area contributed by atoms with E-state index >= 15 is 0 Å². The zero-order valence-electron chi connectivity index (χ0n) is 13.2. The lowest BCUT2D eigenvalue weighted by atomic mass is 10.1. The Labute approximate surface area is 142 Å². The number of hydrogen-bond donors (Lipinski definition) is 1. The second-order valence-electron chi connectivity index (χ2n) is 5.18. The molecule has 4 rings (SSSR count). The Morgan fingerprint density at radius 2 is 1.67 bits per heavy atom. The normalized spacial score (nSPS) is 10.9. The van der Waals surface area contributed by atoms with Crippen LogP contribution in [-0.4, -0.2) is 29.2 Å². The summed E-state index contributed by atoms with van der Waals surface area (Å²) in [6, 6.07) is 13.6. The maximum atomic E-state index is 5.47. The Bertz CT molecular complexity index is 951. The molecule has 0 spiro atoms. The van der Waals surface area contributed by atoms with Crippen molar-refractivity contribution in [3.05, 3.63) is 47.8 Å². The number of aromatic amines is 1. The smallest absolute Gasteiger partial charge is 0.167 e. The van der Waals surface area contributed by atoms with Crippen molar-refractivity contribution < 1.29 is 9.47 Å². The molecule has 0 aliphatic rings. The molecule has 0 unspecified atom stereocenters. The average Bonchev–Trinajstić information content (AvgIpc) is 3.27. The van der Waals surface area contributed by atoms with Crippen LogP contribution < -0.4 is 9.47 Å². The number of benzene rings is 2. The number of fused-ring (bicyclic) bond motifs is 1. The molecule has 0 saturated heterocycles. The lowest BCUT2D eigenvalue weighted by molar-refractivity contribution is 0.397. The zero-order valence-corrected chi connectivity index (χ0v) is 14.1. The van der Waals surface area contributed by atoms with E-state index in [1.165, 1.54) is 11.3 Å². The van der Waals surface area contributed by atoms with E-state index in [-0.39, 0.29) is 0 Å². The number of nitrogens with zero attached hydrogens (tertiary/aromatic N) is 2. The van der Waals surface area contributed by atoms with E-state index in [1.807, 2.05) is 47.8 Å². The number of methoxy groups -OCH3 is 2. The predicted molar refractivity (Wildman–Crippen MR) is 95.7 cm³/mol. The molecule has 0 atom stereocenters. The molecular formula is C18H15N3O2S. The fraction of sp³-hybridized carbons (Fsp3) is 0.111. The number of hydrogen-bond acceptors (Lipinski definition) is 5. The number of para-hydroxylation sites is 2. The SMILES string of the molecule is COc1cccc(OC)c1-c1csc(-c2nc3ccccc3[nH]2)n1. The van der Waals surface area contributed by atoms with Crippen LogP contribution >= 0.6 is 11.3 Å². The van der Waals surface area contributed by atoms with Crippen molar-refractivity contribution >= 4 is 22.4 Å². The summed E-state index contributed by atoms with van der Waals surface area (Å²) in [6.45, 7) is 0. The van der Waals surface area contributed by atoms with Crippen LogP contribution in [-0.2, 0) is 0 Å². The van der Waals surface area contributed by atoms with E-state index in [0.717, 1.165) is 44.6 Å². The van der Waals surface area contributed by atoms with Crippen molar-refractivity contribution in [2.45, 2.75) is 0 Å². The van der Waals surface area contributed by atoms with E-state index in [1.54, 1.807) is 14.2 Å². The molecule has 120 valence electrons. The third-order valence-electron chi connectivity index (χ3n) is 3.78. The molecule has 2 aromatic carbocycles. The molecule has 0 aliphatic carbocycles. The van der Waals surface area contributed by atoms with Gasteiger partial charge < -0.3 is 14.5 Å². The number of H-pyrrole nitrogens is 1. The van der Waals surface area contributed by atoms with E-state index in [0.29, 0.717) is 0 Å². The summed E-state index contributed by atoms with van der Waals surface area (Å²) in [6.07, 6.45) is 0. The van der Waals surface area contributed by atoms with Crippen molar-refractivity contribution in [3.8, 4) is 33.6 Å². The fourth-order valence-corrected chi connectivity index (χ4v) is 3.41. The van der Waals surface area contributed by atoms with Gasteiger partial charge in [0, 0.05) is 5.38 Å². The Kier molecular flexibility index (Phi) is 3.66. The minimum atomic E-state index is 0.732. The summed E-state index contributed by atoms with van der Waals surface area (Å²) >= 11 is 1.54. The van der Waals surface area contributed by atoms with Crippen molar-refractivity contribution in [1.82, 2.24) is 15.0 Å². The van der Waals surface area contributed by atoms with Gasteiger partial charge in [0.15, 0.2) is 10.8 Å². The van der Waals surface area contributed by atoms with Crippen LogP contribution in [0, 0.1) is 0 Å². The van der Waals surface area contributed by atoms with E-state index in [2.05, 4.69) is 9.97 Å². The molecule has 2 heterocycles. The van der Waals surface area contributed by atoms with Gasteiger partial charge in [-0.2, -0.15) is 0 Å². The van der Waals surface area contributed by atoms with Gasteiger partial charge in [0.05, 0.1) is 36.5 Å². The van der Waals surface area contributed by atoms with E-state index < -0.39 is 0 Å². The first kappa shape index (κ1) is 14.7. The summed E-state index contributed by atoms with van der Waals surface area (Å²) in [5.41, 5.74) is 3.59. The van der Waals surface area contributed by atoms with Crippen LogP contribution in [0.15, 0.2) is 47.8 Å². The summed E-state index contributed by atoms with van der Waals surface area (Å²) < 4.78 is 10.9. The standard InChI is InChI=1S/C18H15N3O2S/c1-22-14-8-5-9-15(23-2)16(14)13-10-24-18(21-13)17-19-11-6-3-4-7-12(11)20-17/h3-10H,1-2H3,(H,19,20). The molecule has 4 aromatic rings. The first-order valence-corrected chi connectivity index (χ1v) is 8.30. The monoisotopic (exact) mass is 337 g/mol. The molecule has 0 saturated carbocycles. The van der Waals surface area contributed by atoms with Gasteiger partial charge in [-0.15, -0.1) is 11.3 Å². The average molecular weight is 337 g/mol. The molecule has 6 heteroatoms. The first-order valence-electron chi connectivity index (χ1n) is 7.42. The highest BCUT2D eigenvalue weighted by molar-refractivity contribution is 7.13. The largest absolute Gasteiger partial charge is 0.496 e. The number of ether oxygens (including phenoxy) is 2. The van der Waals surface area contributed by atoms with Crippen molar-refractivity contribution in [2.24, 2.45) is 0 Å². The van der Waals surface area contributed by atoms with Gasteiger partial charge in [0.25, 0.3) is 0 Å². The Hall–Kier alpha value is -2.86. The second kappa shape index (κ2) is 5.98. The van der Waals surface area contributed by atoms with Gasteiger partial charge in [-0.05, 0) is 24.3 Å². The van der Waals surface area contributed by atoms with E-state index in [9.17, 15) is 0 Å². The summed E-state index contributed by atoms with van der Waals surface area (Å²) in [7, 11) is 3.29. The highest BCUT2D eigenvalue weighted by Gasteiger charge is 2.17. The quantitative estimate of drug-likeness (QED) is 0.601. The third kappa shape index (κ3) is 2.41. The summed E-state index contributed by atoms with van der Waals surface area (Å²) in [4.78, 5) is 12.6. The molecule has 0 bridgehead atoms. The Balaban J connectivity index is 1.81. The second-order valence-corrected chi connectivity index (χ2v) is 6.04. The molecule has 24 heavy (non-hydrogen) atoms. The van der Waals surface area contributed by atoms with Gasteiger partial charge in [0.1, 0.15) is 11.5 Å². The van der Waals surface area contributed by atoms with Crippen LogP contribution in [0.25, 0.3) is 33.1 Å². The third-order valence-corrected chi connectivity index (χ3v) is 4.63. The molecule has 0 amide bonds. The number of imidazole rings is 1. The Morgan fingerprint density at radius 3 is 2.38 bits per heavy atom. The van der Waals surface area contributed by atoms with Gasteiger partial charge >= 0.3 is 0 Å². The van der Waals surface area contributed by atoms with Gasteiger partial charge in [-0.1, -0.05) is 18.2 Å². The first-order chi connectivity index (χ1) is 11.8. The summed E-state index contributed by atoms with van der Waals surface area (Å²) in [5.74, 6) is 2.23. The van der Waals surface area contributed by atoms with Gasteiger partial charge in [0.2, 0.25) is 0 Å². The fourth-order valence-electron chi connectivity index (χ4n) is 2.66. The van der Waals surface area contributed by atoms with Crippen LogP contribution in [0.3, 0.4) is 0 Å². The molecule has 5 nitrogen and oxygen atoms in total. The lowest BCUT2D eigenvalue weighted by Crippen LogP contribution is -1.93. The predicted octanol–water partition coefficient (Wildman–Crippen LogP) is 4.37. The van der Waals surface area contributed by atoms with Crippen LogP contribution in [0.2, 0.25) is 0 Å². The van der Waals surface area contributed by atoms with Crippen molar-refractivity contribution in [1.29, 1.82) is 0 Å². The molecule has 0 radical (unpaired) electrons. The topological polar surface area (TPSA) is 60.0 Å². The van der Waals surface area contributed by atoms with Gasteiger partial charge in [-0.25, -0.2) is 9.97 Å². The number of aromatic nitrogens is 3. The van der Waals surface area contributed by atoms with E-state index in [4.69, 9.17) is 14.5 Å². The maximum absolute atomic E-state index is 5.47. The van der Waals surface area contributed by atoms with Crippen LogP contribution in [0.5, 0.6) is 11.5 Å². The highest BCUT2D eigenvalue weighted by atomic mass is 32.1. The van der Waals surface area contributed by atoms with Crippen molar-refractivity contribution in [3.63, 3.8) is 0 Å². The molecule has 2 aromatic heterocycles. The number of thiazole rings is 1. The molecule has 1 N–H and O–H groups in total. The maximum Gasteiger partial charge on any atom is 0.167 e. The molecule has 0 aliphatic heterocycles. The zero-order chi connectivity index (χ0) is 16.5.